The third kappa shape index (κ3) is 2.02. The summed E-state index contributed by atoms with van der Waals surface area (Å²) in [6.07, 6.45) is 1.11. The average molecular weight is 216 g/mol. The maximum Gasteiger partial charge on any atom is 0.187 e. The molecular weight excluding hydrogens is 204 g/mol. The molecule has 5 heteroatoms. The highest BCUT2D eigenvalue weighted by molar-refractivity contribution is 8.15. The summed E-state index contributed by atoms with van der Waals surface area (Å²) < 4.78 is 0. The van der Waals surface area contributed by atoms with Crippen LogP contribution in [0, 0.1) is 0 Å². The third-order valence-electron chi connectivity index (χ3n) is 2.08. The Morgan fingerprint density at radius 2 is 2.62 bits per heavy atom. The monoisotopic (exact) mass is 216 g/mol. The van der Waals surface area contributed by atoms with Gasteiger partial charge in [0.15, 0.2) is 10.3 Å². The van der Waals surface area contributed by atoms with Gasteiger partial charge in [0.1, 0.15) is 0 Å². The van der Waals surface area contributed by atoms with Crippen molar-refractivity contribution in [3.8, 4) is 0 Å². The maximum absolute atomic E-state index is 10.9. The van der Waals surface area contributed by atoms with Gasteiger partial charge in [0.05, 0.1) is 11.9 Å². The van der Waals surface area contributed by atoms with E-state index in [0.29, 0.717) is 5.37 Å². The highest BCUT2D eigenvalue weighted by Gasteiger charge is 2.33. The first-order valence-electron chi connectivity index (χ1n) is 4.38. The molecule has 1 unspecified atom stereocenters. The standard InChI is InChI=1S/C8H12N2OS2/c1-6(11)13-7-2-4-10(7)8-9-3-5-12-8/h7H,2-5H2,1H3. The molecule has 0 N–H and O–H groups in total. The Morgan fingerprint density at radius 3 is 3.08 bits per heavy atom. The Bertz CT molecular complexity index is 255. The van der Waals surface area contributed by atoms with E-state index in [-0.39, 0.29) is 5.12 Å². The molecule has 0 saturated carbocycles. The zero-order chi connectivity index (χ0) is 9.26. The van der Waals surface area contributed by atoms with E-state index in [2.05, 4.69) is 9.89 Å². The normalized spacial score (nSPS) is 27.0. The number of carbonyl (C=O) groups excluding carboxylic acids is 1. The zero-order valence-corrected chi connectivity index (χ0v) is 9.16. The summed E-state index contributed by atoms with van der Waals surface area (Å²) in [6, 6.07) is 0. The van der Waals surface area contributed by atoms with Crippen LogP contribution in [0.15, 0.2) is 4.99 Å². The number of thioether (sulfide) groups is 2. The van der Waals surface area contributed by atoms with Crippen LogP contribution in [0.25, 0.3) is 0 Å². The van der Waals surface area contributed by atoms with E-state index in [0.717, 1.165) is 30.4 Å². The summed E-state index contributed by atoms with van der Waals surface area (Å²) in [4.78, 5) is 17.5. The van der Waals surface area contributed by atoms with Crippen LogP contribution in [0.1, 0.15) is 13.3 Å². The first-order chi connectivity index (χ1) is 6.27. The lowest BCUT2D eigenvalue weighted by atomic mass is 10.2. The van der Waals surface area contributed by atoms with E-state index < -0.39 is 0 Å². The van der Waals surface area contributed by atoms with Gasteiger partial charge in [-0.15, -0.1) is 0 Å². The molecule has 0 aliphatic carbocycles. The fourth-order valence-corrected chi connectivity index (χ4v) is 3.33. The Hall–Kier alpha value is -0.160. The number of likely N-dealkylation sites (tertiary alicyclic amines) is 1. The van der Waals surface area contributed by atoms with Gasteiger partial charge in [-0.2, -0.15) is 0 Å². The van der Waals surface area contributed by atoms with Gasteiger partial charge in [-0.25, -0.2) is 0 Å². The van der Waals surface area contributed by atoms with E-state index in [4.69, 9.17) is 0 Å². The van der Waals surface area contributed by atoms with Crippen molar-refractivity contribution in [1.29, 1.82) is 0 Å². The molecule has 0 radical (unpaired) electrons. The summed E-state index contributed by atoms with van der Waals surface area (Å²) in [7, 11) is 0. The topological polar surface area (TPSA) is 32.7 Å². The highest BCUT2D eigenvalue weighted by atomic mass is 32.2. The van der Waals surface area contributed by atoms with Gasteiger partial charge < -0.3 is 4.90 Å². The lowest BCUT2D eigenvalue weighted by Crippen LogP contribution is -2.48. The van der Waals surface area contributed by atoms with Crippen LogP contribution in [0.2, 0.25) is 0 Å². The molecule has 0 bridgehead atoms. The summed E-state index contributed by atoms with van der Waals surface area (Å²) >= 11 is 3.24. The fraction of sp³-hybridized carbons (Fsp3) is 0.750. The number of nitrogens with zero attached hydrogens (tertiary/aromatic N) is 2. The van der Waals surface area contributed by atoms with Crippen molar-refractivity contribution in [1.82, 2.24) is 4.90 Å². The first-order valence-corrected chi connectivity index (χ1v) is 6.25. The predicted molar refractivity (Wildman–Crippen MR) is 58.1 cm³/mol. The Kier molecular flexibility index (Phi) is 2.83. The molecule has 2 aliphatic heterocycles. The SMILES string of the molecule is CC(=O)SC1CCN1C1=NCCS1. The first kappa shape index (κ1) is 9.40. The molecule has 1 atom stereocenters. The number of hydrogen-bond acceptors (Lipinski definition) is 5. The van der Waals surface area contributed by atoms with Gasteiger partial charge >= 0.3 is 0 Å². The average Bonchev–Trinajstić information content (AvgIpc) is 2.51. The van der Waals surface area contributed by atoms with Crippen LogP contribution in [0.4, 0.5) is 0 Å². The second-order valence-corrected chi connectivity index (χ2v) is 5.48. The molecular formula is C8H12N2OS2. The zero-order valence-electron chi connectivity index (χ0n) is 7.52. The number of hydrogen-bond donors (Lipinski definition) is 0. The summed E-state index contributed by atoms with van der Waals surface area (Å²) in [6.45, 7) is 3.63. The van der Waals surface area contributed by atoms with Crippen LogP contribution in [-0.4, -0.2) is 39.4 Å². The molecule has 2 aliphatic rings. The molecule has 1 saturated heterocycles. The quantitative estimate of drug-likeness (QED) is 0.663. The van der Waals surface area contributed by atoms with E-state index in [1.807, 2.05) is 11.8 Å². The van der Waals surface area contributed by atoms with Crippen LogP contribution in [0.3, 0.4) is 0 Å². The van der Waals surface area contributed by atoms with E-state index >= 15 is 0 Å². The molecule has 13 heavy (non-hydrogen) atoms. The molecule has 0 amide bonds. The molecule has 0 aromatic rings. The molecule has 2 heterocycles. The number of aliphatic imine (C=N–C) groups is 1. The van der Waals surface area contributed by atoms with Gasteiger partial charge in [0.25, 0.3) is 0 Å². The minimum absolute atomic E-state index is 0.207. The maximum atomic E-state index is 10.9. The smallest absolute Gasteiger partial charge is 0.187 e. The van der Waals surface area contributed by atoms with Crippen LogP contribution in [-0.2, 0) is 4.79 Å². The Balaban J connectivity index is 1.90. The lowest BCUT2D eigenvalue weighted by molar-refractivity contribution is -0.109. The number of rotatable bonds is 1. The third-order valence-corrected chi connectivity index (χ3v) is 4.18. The minimum Gasteiger partial charge on any atom is -0.339 e. The minimum atomic E-state index is 0.207. The largest absolute Gasteiger partial charge is 0.339 e. The molecule has 2 rings (SSSR count). The van der Waals surface area contributed by atoms with Crippen molar-refractivity contribution in [2.24, 2.45) is 4.99 Å². The summed E-state index contributed by atoms with van der Waals surface area (Å²) in [5.41, 5.74) is 0. The molecule has 0 aromatic carbocycles. The second kappa shape index (κ2) is 3.92. The summed E-state index contributed by atoms with van der Waals surface area (Å²) in [5, 5.41) is 1.71. The Labute approximate surface area is 86.3 Å². The Morgan fingerprint density at radius 1 is 1.77 bits per heavy atom. The van der Waals surface area contributed by atoms with Crippen molar-refractivity contribution in [3.05, 3.63) is 0 Å². The van der Waals surface area contributed by atoms with Gasteiger partial charge in [-0.3, -0.25) is 9.79 Å². The van der Waals surface area contributed by atoms with Crippen molar-refractivity contribution in [2.45, 2.75) is 18.7 Å². The van der Waals surface area contributed by atoms with Crippen LogP contribution in [0.5, 0.6) is 0 Å². The highest BCUT2D eigenvalue weighted by Crippen LogP contribution is 2.32. The van der Waals surface area contributed by atoms with E-state index in [1.165, 1.54) is 11.8 Å². The van der Waals surface area contributed by atoms with Crippen LogP contribution >= 0.6 is 23.5 Å². The molecule has 1 fully saturated rings. The van der Waals surface area contributed by atoms with Gasteiger partial charge in [0.2, 0.25) is 0 Å². The van der Waals surface area contributed by atoms with Crippen LogP contribution < -0.4 is 0 Å². The van der Waals surface area contributed by atoms with E-state index in [9.17, 15) is 4.79 Å². The van der Waals surface area contributed by atoms with E-state index in [1.54, 1.807) is 6.92 Å². The van der Waals surface area contributed by atoms with Gasteiger partial charge in [-0.05, 0) is 6.42 Å². The molecule has 0 aromatic heterocycles. The van der Waals surface area contributed by atoms with Crippen molar-refractivity contribution >= 4 is 33.8 Å². The molecule has 72 valence electrons. The van der Waals surface area contributed by atoms with Crippen molar-refractivity contribution in [3.63, 3.8) is 0 Å². The van der Waals surface area contributed by atoms with Crippen molar-refractivity contribution in [2.75, 3.05) is 18.8 Å². The summed E-state index contributed by atoms with van der Waals surface area (Å²) in [5.74, 6) is 1.10. The molecule has 0 spiro atoms. The van der Waals surface area contributed by atoms with Gasteiger partial charge in [-0.1, -0.05) is 23.5 Å². The number of amidine groups is 1. The predicted octanol–water partition coefficient (Wildman–Crippen LogP) is 1.40. The second-order valence-electron chi connectivity index (χ2n) is 3.06. The van der Waals surface area contributed by atoms with Gasteiger partial charge in [0, 0.05) is 19.2 Å². The molecule has 3 nitrogen and oxygen atoms in total. The number of carbonyl (C=O) groups is 1. The van der Waals surface area contributed by atoms with Crippen molar-refractivity contribution < 1.29 is 4.79 Å². The lowest BCUT2D eigenvalue weighted by Gasteiger charge is -2.40. The fourth-order valence-electron chi connectivity index (χ4n) is 1.39.